The lowest BCUT2D eigenvalue weighted by Crippen LogP contribution is -2.22. The van der Waals surface area contributed by atoms with E-state index in [1.165, 1.54) is 12.1 Å². The predicted octanol–water partition coefficient (Wildman–Crippen LogP) is 5.12. The first kappa shape index (κ1) is 21.2. The molecule has 0 spiro atoms. The Balaban J connectivity index is 1.85. The first-order chi connectivity index (χ1) is 14.0. The molecule has 1 aromatic heterocycles. The van der Waals surface area contributed by atoms with E-state index in [9.17, 15) is 4.39 Å². The topological polar surface area (TPSA) is 35.2 Å². The van der Waals surface area contributed by atoms with E-state index in [4.69, 9.17) is 22.1 Å². The fourth-order valence-electron chi connectivity index (χ4n) is 3.18. The van der Waals surface area contributed by atoms with Gasteiger partial charge in [0.25, 0.3) is 0 Å². The summed E-state index contributed by atoms with van der Waals surface area (Å²) in [4.78, 5) is 2.11. The summed E-state index contributed by atoms with van der Waals surface area (Å²) in [7, 11) is 3.66. The second-order valence-corrected chi connectivity index (χ2v) is 7.49. The lowest BCUT2D eigenvalue weighted by molar-refractivity contribution is 0.243. The lowest BCUT2D eigenvalue weighted by atomic mass is 10.2. The molecule has 5 nitrogen and oxygen atoms in total. The molecule has 154 valence electrons. The van der Waals surface area contributed by atoms with E-state index >= 15 is 0 Å². The third-order valence-corrected chi connectivity index (χ3v) is 5.18. The van der Waals surface area contributed by atoms with Crippen molar-refractivity contribution in [3.8, 4) is 17.1 Å². The van der Waals surface area contributed by atoms with E-state index < -0.39 is 0 Å². The van der Waals surface area contributed by atoms with E-state index in [2.05, 4.69) is 16.4 Å². The van der Waals surface area contributed by atoms with Crippen LogP contribution < -0.4 is 4.74 Å². The van der Waals surface area contributed by atoms with Crippen LogP contribution in [0.2, 0.25) is 0 Å². The van der Waals surface area contributed by atoms with Crippen LogP contribution >= 0.6 is 12.2 Å². The maximum atomic E-state index is 13.1. The number of ether oxygens (including phenoxy) is 1. The van der Waals surface area contributed by atoms with Gasteiger partial charge < -0.3 is 4.74 Å². The van der Waals surface area contributed by atoms with Crippen molar-refractivity contribution in [3.63, 3.8) is 0 Å². The van der Waals surface area contributed by atoms with E-state index in [0.29, 0.717) is 18.0 Å². The van der Waals surface area contributed by atoms with Gasteiger partial charge in [-0.25, -0.2) is 9.07 Å². The van der Waals surface area contributed by atoms with Crippen molar-refractivity contribution in [3.05, 3.63) is 64.7 Å². The minimum atomic E-state index is -0.225. The quantitative estimate of drug-likeness (QED) is 0.455. The van der Waals surface area contributed by atoms with Gasteiger partial charge in [0.2, 0.25) is 0 Å². The molecule has 0 aliphatic heterocycles. The average molecular weight is 415 g/mol. The van der Waals surface area contributed by atoms with Gasteiger partial charge in [-0.2, -0.15) is 5.10 Å². The Morgan fingerprint density at radius 3 is 2.41 bits per heavy atom. The minimum absolute atomic E-state index is 0.225. The highest BCUT2D eigenvalue weighted by Gasteiger charge is 2.14. The molecule has 2 aromatic carbocycles. The summed E-state index contributed by atoms with van der Waals surface area (Å²) in [5.41, 5.74) is 2.05. The van der Waals surface area contributed by atoms with Crippen LogP contribution in [0.5, 0.6) is 5.75 Å². The molecule has 0 saturated heterocycles. The molecule has 0 N–H and O–H groups in total. The maximum Gasteiger partial charge on any atom is 0.199 e. The third kappa shape index (κ3) is 5.31. The fourth-order valence-corrected chi connectivity index (χ4v) is 3.46. The van der Waals surface area contributed by atoms with Crippen LogP contribution in [0.3, 0.4) is 0 Å². The van der Waals surface area contributed by atoms with E-state index in [0.717, 1.165) is 42.1 Å². The summed E-state index contributed by atoms with van der Waals surface area (Å²) in [6, 6.07) is 14.4. The summed E-state index contributed by atoms with van der Waals surface area (Å²) in [6.07, 6.45) is 2.12. The summed E-state index contributed by atoms with van der Waals surface area (Å²) in [6.45, 7) is 4.23. The van der Waals surface area contributed by atoms with Crippen LogP contribution in [0.4, 0.5) is 4.39 Å². The molecule has 3 aromatic rings. The number of aromatic nitrogens is 3. The zero-order valence-electron chi connectivity index (χ0n) is 17.1. The van der Waals surface area contributed by atoms with Gasteiger partial charge in [0, 0.05) is 18.7 Å². The number of nitrogens with zero attached hydrogens (tertiary/aromatic N) is 4. The summed E-state index contributed by atoms with van der Waals surface area (Å²) in [5.74, 6) is 1.45. The van der Waals surface area contributed by atoms with Crippen molar-refractivity contribution in [1.82, 2.24) is 19.2 Å². The van der Waals surface area contributed by atoms with Crippen molar-refractivity contribution in [1.29, 1.82) is 0 Å². The van der Waals surface area contributed by atoms with Crippen molar-refractivity contribution >= 4 is 12.2 Å². The Hall–Kier alpha value is -2.51. The Kier molecular flexibility index (Phi) is 7.17. The lowest BCUT2D eigenvalue weighted by Gasteiger charge is -2.16. The number of methoxy groups -OCH3 is 1. The Bertz CT molecular complexity index is 980. The highest BCUT2D eigenvalue weighted by molar-refractivity contribution is 7.71. The van der Waals surface area contributed by atoms with Gasteiger partial charge in [0.05, 0.1) is 13.8 Å². The fraction of sp³-hybridized carbons (Fsp3) is 0.364. The summed E-state index contributed by atoms with van der Waals surface area (Å²) in [5, 5.41) is 4.82. The van der Waals surface area contributed by atoms with Crippen LogP contribution in [-0.2, 0) is 19.8 Å². The van der Waals surface area contributed by atoms with Crippen molar-refractivity contribution in [2.24, 2.45) is 0 Å². The van der Waals surface area contributed by atoms with Crippen LogP contribution in [0.15, 0.2) is 48.5 Å². The maximum absolute atomic E-state index is 13.1. The number of halogens is 1. The molecule has 0 bridgehead atoms. The molecule has 7 heteroatoms. The second-order valence-electron chi connectivity index (χ2n) is 7.12. The molecule has 0 amide bonds. The number of hydrogen-bond acceptors (Lipinski definition) is 4. The van der Waals surface area contributed by atoms with Crippen LogP contribution in [0, 0.1) is 10.6 Å². The molecule has 0 fully saturated rings. The largest absolute Gasteiger partial charge is 0.497 e. The standard InChI is InChI=1S/C22H27FN4OS/c1-4-5-14-26-21(18-8-12-20(28-3)13-9-18)24-27(22(26)29)16-25(2)15-17-6-10-19(23)11-7-17/h6-13H,4-5,14-16H2,1-3H3. The third-order valence-electron chi connectivity index (χ3n) is 4.75. The molecule has 29 heavy (non-hydrogen) atoms. The molecule has 0 aliphatic rings. The highest BCUT2D eigenvalue weighted by Crippen LogP contribution is 2.22. The van der Waals surface area contributed by atoms with Crippen LogP contribution in [0.25, 0.3) is 11.4 Å². The van der Waals surface area contributed by atoms with Crippen molar-refractivity contribution in [2.75, 3.05) is 14.2 Å². The van der Waals surface area contributed by atoms with Crippen molar-refractivity contribution < 1.29 is 9.13 Å². The van der Waals surface area contributed by atoms with Crippen LogP contribution in [-0.4, -0.2) is 33.4 Å². The summed E-state index contributed by atoms with van der Waals surface area (Å²) >= 11 is 5.74. The molecule has 0 radical (unpaired) electrons. The predicted molar refractivity (Wildman–Crippen MR) is 116 cm³/mol. The smallest absolute Gasteiger partial charge is 0.199 e. The van der Waals surface area contributed by atoms with E-state index in [1.807, 2.05) is 36.0 Å². The molecule has 0 saturated carbocycles. The van der Waals surface area contributed by atoms with Gasteiger partial charge in [0.15, 0.2) is 10.6 Å². The molecular formula is C22H27FN4OS. The molecule has 0 aliphatic carbocycles. The first-order valence-corrected chi connectivity index (χ1v) is 10.2. The minimum Gasteiger partial charge on any atom is -0.497 e. The number of unbranched alkanes of at least 4 members (excludes halogenated alkanes) is 1. The van der Waals surface area contributed by atoms with E-state index in [1.54, 1.807) is 19.2 Å². The van der Waals surface area contributed by atoms with Gasteiger partial charge >= 0.3 is 0 Å². The molecular weight excluding hydrogens is 387 g/mol. The van der Waals surface area contributed by atoms with Gasteiger partial charge in [-0.15, -0.1) is 0 Å². The van der Waals surface area contributed by atoms with Gasteiger partial charge in [-0.3, -0.25) is 9.47 Å². The summed E-state index contributed by atoms with van der Waals surface area (Å²) < 4.78 is 23.1. The van der Waals surface area contributed by atoms with Gasteiger partial charge in [-0.1, -0.05) is 25.5 Å². The zero-order chi connectivity index (χ0) is 20.8. The van der Waals surface area contributed by atoms with Crippen molar-refractivity contribution in [2.45, 2.75) is 39.5 Å². The molecule has 0 atom stereocenters. The Labute approximate surface area is 176 Å². The molecule has 1 heterocycles. The first-order valence-electron chi connectivity index (χ1n) is 9.77. The highest BCUT2D eigenvalue weighted by atomic mass is 32.1. The van der Waals surface area contributed by atoms with E-state index in [-0.39, 0.29) is 5.82 Å². The van der Waals surface area contributed by atoms with Gasteiger partial charge in [0.1, 0.15) is 11.6 Å². The number of benzene rings is 2. The van der Waals surface area contributed by atoms with Crippen LogP contribution in [0.1, 0.15) is 25.3 Å². The average Bonchev–Trinajstić information content (AvgIpc) is 3.03. The molecule has 0 unspecified atom stereocenters. The normalized spacial score (nSPS) is 11.2. The number of rotatable bonds is 9. The Morgan fingerprint density at radius 1 is 1.10 bits per heavy atom. The SMILES string of the molecule is CCCCn1c(-c2ccc(OC)cc2)nn(CN(C)Cc2ccc(F)cc2)c1=S. The number of hydrogen-bond donors (Lipinski definition) is 0. The zero-order valence-corrected chi connectivity index (χ0v) is 18.0. The molecule has 3 rings (SSSR count). The van der Waals surface area contributed by atoms with Gasteiger partial charge in [-0.05, 0) is 67.6 Å². The Morgan fingerprint density at radius 2 is 1.79 bits per heavy atom. The second kappa shape index (κ2) is 9.80. The monoisotopic (exact) mass is 414 g/mol.